The summed E-state index contributed by atoms with van der Waals surface area (Å²) >= 11 is 0. The van der Waals surface area contributed by atoms with E-state index in [9.17, 15) is 0 Å². The number of hydrogen-bond acceptors (Lipinski definition) is 2. The predicted molar refractivity (Wildman–Crippen MR) is 228 cm³/mol. The van der Waals surface area contributed by atoms with Crippen LogP contribution in [0.2, 0.25) is 0 Å². The Hall–Kier alpha value is -6.12. The summed E-state index contributed by atoms with van der Waals surface area (Å²) in [6, 6.07) is 48.4. The van der Waals surface area contributed by atoms with E-state index in [4.69, 9.17) is 0 Å². The minimum absolute atomic E-state index is 0.296. The molecule has 0 aliphatic heterocycles. The summed E-state index contributed by atoms with van der Waals surface area (Å²) in [5, 5.41) is 7.70. The Morgan fingerprint density at radius 2 is 1.39 bits per heavy atom. The maximum atomic E-state index is 3.87. The number of anilines is 2. The van der Waals surface area contributed by atoms with E-state index in [1.165, 1.54) is 66.9 Å². The predicted octanol–water partition coefficient (Wildman–Crippen LogP) is 12.6. The van der Waals surface area contributed by atoms with Crippen LogP contribution in [0.15, 0.2) is 199 Å². The molecule has 5 aromatic carbocycles. The van der Waals surface area contributed by atoms with Crippen molar-refractivity contribution in [2.75, 3.05) is 5.32 Å². The Balaban J connectivity index is 0.955. The number of aryl methyl sites for hydroxylation is 1. The zero-order chi connectivity index (χ0) is 36.1. The van der Waals surface area contributed by atoms with Gasteiger partial charge in [0.05, 0.1) is 0 Å². The first-order valence-corrected chi connectivity index (χ1v) is 19.5. The Kier molecular flexibility index (Phi) is 9.65. The summed E-state index contributed by atoms with van der Waals surface area (Å²) < 4.78 is 0. The number of para-hydroxylation sites is 1. The monoisotopic (exact) mass is 698 g/mol. The average Bonchev–Trinajstić information content (AvgIpc) is 3.24. The first kappa shape index (κ1) is 33.7. The van der Waals surface area contributed by atoms with E-state index in [1.54, 1.807) is 0 Å². The summed E-state index contributed by atoms with van der Waals surface area (Å²) in [5.74, 6) is 0.717. The lowest BCUT2D eigenvalue weighted by molar-refractivity contribution is 0.657. The molecule has 5 aromatic rings. The van der Waals surface area contributed by atoms with E-state index in [1.807, 2.05) is 0 Å². The molecule has 2 N–H and O–H groups in total. The van der Waals surface area contributed by atoms with Gasteiger partial charge in [-0.25, -0.2) is 0 Å². The molecule has 0 bridgehead atoms. The topological polar surface area (TPSA) is 24.1 Å². The highest BCUT2D eigenvalue weighted by Gasteiger charge is 2.32. The fraction of sp³-hybridized carbons (Fsp3) is 0.154. The first-order valence-electron chi connectivity index (χ1n) is 19.5. The van der Waals surface area contributed by atoms with E-state index >= 15 is 0 Å². The Labute approximate surface area is 320 Å². The van der Waals surface area contributed by atoms with E-state index in [0.717, 1.165) is 50.0 Å². The highest BCUT2D eigenvalue weighted by molar-refractivity contribution is 6.04. The Morgan fingerprint density at radius 1 is 0.630 bits per heavy atom. The van der Waals surface area contributed by atoms with Crippen LogP contribution < -0.4 is 10.6 Å². The van der Waals surface area contributed by atoms with Crippen LogP contribution in [0.3, 0.4) is 0 Å². The van der Waals surface area contributed by atoms with Crippen LogP contribution in [0.4, 0.5) is 11.4 Å². The second-order valence-electron chi connectivity index (χ2n) is 14.8. The van der Waals surface area contributed by atoms with Crippen LogP contribution in [0.1, 0.15) is 52.6 Å². The van der Waals surface area contributed by atoms with Gasteiger partial charge in [-0.1, -0.05) is 164 Å². The minimum atomic E-state index is 0.296. The van der Waals surface area contributed by atoms with Crippen molar-refractivity contribution in [2.45, 2.75) is 38.6 Å². The van der Waals surface area contributed by atoms with Gasteiger partial charge in [0.2, 0.25) is 0 Å². The van der Waals surface area contributed by atoms with E-state index in [0.29, 0.717) is 11.8 Å². The van der Waals surface area contributed by atoms with E-state index < -0.39 is 0 Å². The number of nitrogens with one attached hydrogen (secondary N) is 2. The molecule has 4 aliphatic carbocycles. The van der Waals surface area contributed by atoms with Gasteiger partial charge in [0.15, 0.2) is 0 Å². The summed E-state index contributed by atoms with van der Waals surface area (Å²) in [5.41, 5.74) is 18.9. The Bertz CT molecular complexity index is 2360. The largest absolute Gasteiger partial charge is 0.384 e. The van der Waals surface area contributed by atoms with Crippen molar-refractivity contribution in [1.82, 2.24) is 5.32 Å². The normalized spacial score (nSPS) is 18.8. The van der Waals surface area contributed by atoms with Crippen molar-refractivity contribution in [3.05, 3.63) is 232 Å². The zero-order valence-electron chi connectivity index (χ0n) is 30.7. The molecule has 54 heavy (non-hydrogen) atoms. The molecule has 0 heterocycles. The van der Waals surface area contributed by atoms with Gasteiger partial charge in [-0.05, 0) is 106 Å². The number of rotatable bonds is 10. The van der Waals surface area contributed by atoms with Crippen molar-refractivity contribution >= 4 is 28.1 Å². The molecule has 0 amide bonds. The number of allylic oxidation sites excluding steroid dienone is 13. The second kappa shape index (κ2) is 15.5. The maximum absolute atomic E-state index is 3.87. The van der Waals surface area contributed by atoms with Crippen molar-refractivity contribution in [2.24, 2.45) is 11.8 Å². The molecule has 264 valence electrons. The van der Waals surface area contributed by atoms with Crippen molar-refractivity contribution in [1.29, 1.82) is 0 Å². The zero-order valence-corrected chi connectivity index (χ0v) is 30.7. The van der Waals surface area contributed by atoms with Crippen LogP contribution in [-0.4, -0.2) is 0 Å². The van der Waals surface area contributed by atoms with Gasteiger partial charge in [0.25, 0.3) is 0 Å². The first-order chi connectivity index (χ1) is 26.8. The lowest BCUT2D eigenvalue weighted by Gasteiger charge is -2.35. The molecule has 2 atom stereocenters. The summed E-state index contributed by atoms with van der Waals surface area (Å²) in [6.07, 6.45) is 23.5. The quantitative estimate of drug-likeness (QED) is 0.152. The van der Waals surface area contributed by atoms with Crippen LogP contribution in [-0.2, 0) is 19.4 Å². The van der Waals surface area contributed by atoms with Gasteiger partial charge < -0.3 is 10.6 Å². The van der Waals surface area contributed by atoms with Gasteiger partial charge >= 0.3 is 0 Å². The van der Waals surface area contributed by atoms with Crippen LogP contribution in [0.5, 0.6) is 0 Å². The number of hydrogen-bond donors (Lipinski definition) is 2. The highest BCUT2D eigenvalue weighted by atomic mass is 14.9. The lowest BCUT2D eigenvalue weighted by atomic mass is 9.69. The smallest absolute Gasteiger partial charge is 0.0460 e. The van der Waals surface area contributed by atoms with Crippen LogP contribution in [0.25, 0.3) is 16.7 Å². The third-order valence-corrected chi connectivity index (χ3v) is 11.4. The third kappa shape index (κ3) is 7.13. The molecule has 9 rings (SSSR count). The third-order valence-electron chi connectivity index (χ3n) is 11.4. The lowest BCUT2D eigenvalue weighted by Crippen LogP contribution is -2.21. The molecule has 2 heteroatoms. The standard InChI is InChI=1S/C52H46N2/c1-3-14-37(15-4-1)28-33-50(43-21-13-20-41(34-43)39-16-5-2-6-17-39)53-36-38-26-30-44(31-27-38)54-51-25-12-11-24-47(51)49-35-42-19-8-9-22-45(42)48-32-29-40-18-7-10-23-46(40)52(48)49/h1-27,30-31,33,42-43,53-54H,28-29,32,34-36H2/b50-33-. The van der Waals surface area contributed by atoms with Gasteiger partial charge in [-0.3, -0.25) is 0 Å². The molecule has 0 radical (unpaired) electrons. The van der Waals surface area contributed by atoms with Crippen molar-refractivity contribution < 1.29 is 0 Å². The molecule has 0 spiro atoms. The van der Waals surface area contributed by atoms with Gasteiger partial charge in [-0.2, -0.15) is 0 Å². The fourth-order valence-corrected chi connectivity index (χ4v) is 8.69. The Morgan fingerprint density at radius 3 is 2.24 bits per heavy atom. The summed E-state index contributed by atoms with van der Waals surface area (Å²) in [4.78, 5) is 0. The number of fused-ring (bicyclic) bond motifs is 4. The molecule has 0 saturated heterocycles. The van der Waals surface area contributed by atoms with Gasteiger partial charge in [-0.15, -0.1) is 0 Å². The van der Waals surface area contributed by atoms with E-state index in [2.05, 4.69) is 193 Å². The molecule has 2 unspecified atom stereocenters. The molecule has 4 aliphatic rings. The minimum Gasteiger partial charge on any atom is -0.384 e. The van der Waals surface area contributed by atoms with Crippen LogP contribution in [0, 0.1) is 11.8 Å². The summed E-state index contributed by atoms with van der Waals surface area (Å²) in [6.45, 7) is 0.767. The van der Waals surface area contributed by atoms with Crippen LogP contribution >= 0.6 is 0 Å². The highest BCUT2D eigenvalue weighted by Crippen LogP contribution is 2.51. The number of benzene rings is 5. The molecule has 2 nitrogen and oxygen atoms in total. The molecular formula is C52H46N2. The average molecular weight is 699 g/mol. The maximum Gasteiger partial charge on any atom is 0.0460 e. The SMILES string of the molecule is C1=CC2=C3CCc4ccccc4C3=C(c3ccccc3Nc3ccc(CN/C(=C\Cc4ccccc4)C4C=CC=C(c5ccccc5)C4)cc3)CC2C=C1. The van der Waals surface area contributed by atoms with Gasteiger partial charge in [0, 0.05) is 41.0 Å². The van der Waals surface area contributed by atoms with Crippen molar-refractivity contribution in [3.63, 3.8) is 0 Å². The van der Waals surface area contributed by atoms with Gasteiger partial charge in [0.1, 0.15) is 0 Å². The molecule has 0 saturated carbocycles. The fourth-order valence-electron chi connectivity index (χ4n) is 8.69. The molecule has 0 aromatic heterocycles. The van der Waals surface area contributed by atoms with E-state index in [-0.39, 0.29) is 0 Å². The second-order valence-corrected chi connectivity index (χ2v) is 14.8. The van der Waals surface area contributed by atoms with Crippen molar-refractivity contribution in [3.8, 4) is 0 Å². The molecule has 0 fully saturated rings. The molecular weight excluding hydrogens is 653 g/mol. The summed E-state index contributed by atoms with van der Waals surface area (Å²) in [7, 11) is 0.